The lowest BCUT2D eigenvalue weighted by Gasteiger charge is -2.16. The van der Waals surface area contributed by atoms with Crippen LogP contribution in [0.1, 0.15) is 46.1 Å². The van der Waals surface area contributed by atoms with Crippen LogP contribution in [0.4, 0.5) is 0 Å². The van der Waals surface area contributed by atoms with Crippen LogP contribution in [0, 0.1) is 0 Å². The van der Waals surface area contributed by atoms with Crippen molar-refractivity contribution in [2.45, 2.75) is 59.4 Å². The SMILES string of the molecule is CCC(CC)Oc1ccc(OCc2ccc(OC(C)C)cc2)cc1. The van der Waals surface area contributed by atoms with Crippen LogP contribution in [-0.2, 0) is 6.61 Å². The molecule has 0 aromatic heterocycles. The van der Waals surface area contributed by atoms with Crippen LogP contribution in [0.2, 0.25) is 0 Å². The molecule has 0 bridgehead atoms. The van der Waals surface area contributed by atoms with E-state index in [2.05, 4.69) is 13.8 Å². The molecule has 0 unspecified atom stereocenters. The molecule has 0 N–H and O–H groups in total. The van der Waals surface area contributed by atoms with Crippen molar-refractivity contribution in [1.82, 2.24) is 0 Å². The smallest absolute Gasteiger partial charge is 0.120 e. The lowest BCUT2D eigenvalue weighted by Crippen LogP contribution is -2.13. The molecule has 24 heavy (non-hydrogen) atoms. The second-order valence-corrected chi connectivity index (χ2v) is 6.13. The van der Waals surface area contributed by atoms with E-state index in [0.29, 0.717) is 6.61 Å². The van der Waals surface area contributed by atoms with Crippen molar-refractivity contribution in [3.05, 3.63) is 54.1 Å². The Labute approximate surface area is 145 Å². The van der Waals surface area contributed by atoms with Crippen molar-refractivity contribution in [3.8, 4) is 17.2 Å². The van der Waals surface area contributed by atoms with Crippen molar-refractivity contribution in [1.29, 1.82) is 0 Å². The van der Waals surface area contributed by atoms with Crippen LogP contribution in [0.15, 0.2) is 48.5 Å². The summed E-state index contributed by atoms with van der Waals surface area (Å²) in [6.07, 6.45) is 2.51. The molecule has 0 aliphatic carbocycles. The highest BCUT2D eigenvalue weighted by Crippen LogP contribution is 2.21. The van der Waals surface area contributed by atoms with Gasteiger partial charge in [-0.2, -0.15) is 0 Å². The molecule has 2 rings (SSSR count). The molecule has 0 heterocycles. The van der Waals surface area contributed by atoms with Gasteiger partial charge in [0.1, 0.15) is 23.9 Å². The van der Waals surface area contributed by atoms with E-state index < -0.39 is 0 Å². The third-order valence-electron chi connectivity index (χ3n) is 3.74. The Kier molecular flexibility index (Phi) is 6.98. The third-order valence-corrected chi connectivity index (χ3v) is 3.74. The van der Waals surface area contributed by atoms with Gasteiger partial charge in [-0.1, -0.05) is 26.0 Å². The zero-order valence-electron chi connectivity index (χ0n) is 15.1. The van der Waals surface area contributed by atoms with Gasteiger partial charge in [0.25, 0.3) is 0 Å². The minimum Gasteiger partial charge on any atom is -0.491 e. The summed E-state index contributed by atoms with van der Waals surface area (Å²) in [4.78, 5) is 0. The van der Waals surface area contributed by atoms with Gasteiger partial charge in [0, 0.05) is 0 Å². The van der Waals surface area contributed by atoms with Gasteiger partial charge < -0.3 is 14.2 Å². The summed E-state index contributed by atoms with van der Waals surface area (Å²) < 4.78 is 17.4. The summed E-state index contributed by atoms with van der Waals surface area (Å²) in [5.41, 5.74) is 1.11. The van der Waals surface area contributed by atoms with E-state index in [1.807, 2.05) is 62.4 Å². The predicted molar refractivity (Wildman–Crippen MR) is 98.0 cm³/mol. The molecule has 3 heteroatoms. The minimum atomic E-state index is 0.188. The number of hydrogen-bond acceptors (Lipinski definition) is 3. The van der Waals surface area contributed by atoms with Crippen LogP contribution in [-0.4, -0.2) is 12.2 Å². The van der Waals surface area contributed by atoms with Crippen LogP contribution < -0.4 is 14.2 Å². The Bertz CT molecular complexity index is 583. The Balaban J connectivity index is 1.85. The largest absolute Gasteiger partial charge is 0.491 e. The maximum absolute atomic E-state index is 5.91. The monoisotopic (exact) mass is 328 g/mol. The molecule has 0 fully saturated rings. The highest BCUT2D eigenvalue weighted by molar-refractivity contribution is 5.32. The summed E-state index contributed by atoms with van der Waals surface area (Å²) in [7, 11) is 0. The Hall–Kier alpha value is -2.16. The van der Waals surface area contributed by atoms with Crippen LogP contribution in [0.5, 0.6) is 17.2 Å². The molecule has 0 aliphatic rings. The molecular weight excluding hydrogens is 300 g/mol. The standard InChI is InChI=1S/C21H28O3/c1-5-18(6-2)24-21-13-11-19(12-14-21)22-15-17-7-9-20(10-8-17)23-16(3)4/h7-14,16,18H,5-6,15H2,1-4H3. The minimum absolute atomic E-state index is 0.188. The molecular formula is C21H28O3. The Morgan fingerprint density at radius 2 is 1.21 bits per heavy atom. The average molecular weight is 328 g/mol. The quantitative estimate of drug-likeness (QED) is 0.598. The first-order valence-corrected chi connectivity index (χ1v) is 8.75. The fourth-order valence-electron chi connectivity index (χ4n) is 2.37. The van der Waals surface area contributed by atoms with Gasteiger partial charge >= 0.3 is 0 Å². The normalized spacial score (nSPS) is 10.9. The summed E-state index contributed by atoms with van der Waals surface area (Å²) in [5, 5.41) is 0. The molecule has 130 valence electrons. The summed E-state index contributed by atoms with van der Waals surface area (Å²) in [5.74, 6) is 2.62. The summed E-state index contributed by atoms with van der Waals surface area (Å²) in [6.45, 7) is 8.86. The van der Waals surface area contributed by atoms with Gasteiger partial charge in [0.15, 0.2) is 0 Å². The van der Waals surface area contributed by atoms with E-state index in [1.54, 1.807) is 0 Å². The lowest BCUT2D eigenvalue weighted by atomic mass is 10.2. The number of rotatable bonds is 9. The van der Waals surface area contributed by atoms with Crippen molar-refractivity contribution < 1.29 is 14.2 Å². The number of hydrogen-bond donors (Lipinski definition) is 0. The molecule has 0 atom stereocenters. The van der Waals surface area contributed by atoms with Gasteiger partial charge in [-0.25, -0.2) is 0 Å². The fourth-order valence-corrected chi connectivity index (χ4v) is 2.37. The second kappa shape index (κ2) is 9.21. The Morgan fingerprint density at radius 3 is 1.75 bits per heavy atom. The van der Waals surface area contributed by atoms with Crippen molar-refractivity contribution in [2.24, 2.45) is 0 Å². The highest BCUT2D eigenvalue weighted by atomic mass is 16.5. The maximum Gasteiger partial charge on any atom is 0.120 e. The van der Waals surface area contributed by atoms with E-state index in [-0.39, 0.29) is 12.2 Å². The molecule has 0 saturated heterocycles. The van der Waals surface area contributed by atoms with Gasteiger partial charge in [-0.05, 0) is 68.7 Å². The number of ether oxygens (including phenoxy) is 3. The maximum atomic E-state index is 5.91. The first kappa shape index (κ1) is 18.2. The molecule has 0 radical (unpaired) electrons. The van der Waals surface area contributed by atoms with Crippen LogP contribution >= 0.6 is 0 Å². The molecule has 0 amide bonds. The van der Waals surface area contributed by atoms with E-state index in [4.69, 9.17) is 14.2 Å². The third kappa shape index (κ3) is 5.80. The van der Waals surface area contributed by atoms with Gasteiger partial charge in [0.2, 0.25) is 0 Å². The Morgan fingerprint density at radius 1 is 0.708 bits per heavy atom. The van der Waals surface area contributed by atoms with Gasteiger partial charge in [-0.15, -0.1) is 0 Å². The van der Waals surface area contributed by atoms with E-state index in [0.717, 1.165) is 35.7 Å². The summed E-state index contributed by atoms with van der Waals surface area (Å²) in [6, 6.07) is 15.9. The predicted octanol–water partition coefficient (Wildman–Crippen LogP) is 5.62. The summed E-state index contributed by atoms with van der Waals surface area (Å²) >= 11 is 0. The first-order valence-electron chi connectivity index (χ1n) is 8.75. The lowest BCUT2D eigenvalue weighted by molar-refractivity contribution is 0.192. The van der Waals surface area contributed by atoms with E-state index in [9.17, 15) is 0 Å². The van der Waals surface area contributed by atoms with Crippen LogP contribution in [0.25, 0.3) is 0 Å². The van der Waals surface area contributed by atoms with Crippen molar-refractivity contribution in [3.63, 3.8) is 0 Å². The van der Waals surface area contributed by atoms with Crippen molar-refractivity contribution >= 4 is 0 Å². The molecule has 0 spiro atoms. The topological polar surface area (TPSA) is 27.7 Å². The highest BCUT2D eigenvalue weighted by Gasteiger charge is 2.05. The first-order chi connectivity index (χ1) is 11.6. The van der Waals surface area contributed by atoms with Crippen LogP contribution in [0.3, 0.4) is 0 Å². The molecule has 0 saturated carbocycles. The zero-order valence-corrected chi connectivity index (χ0v) is 15.1. The zero-order chi connectivity index (χ0) is 17.4. The number of benzene rings is 2. The van der Waals surface area contributed by atoms with Gasteiger partial charge in [-0.3, -0.25) is 0 Å². The van der Waals surface area contributed by atoms with E-state index >= 15 is 0 Å². The molecule has 3 nitrogen and oxygen atoms in total. The van der Waals surface area contributed by atoms with Gasteiger partial charge in [0.05, 0.1) is 12.2 Å². The van der Waals surface area contributed by atoms with Crippen molar-refractivity contribution in [2.75, 3.05) is 0 Å². The van der Waals surface area contributed by atoms with E-state index in [1.165, 1.54) is 0 Å². The molecule has 2 aromatic rings. The fraction of sp³-hybridized carbons (Fsp3) is 0.429. The molecule has 0 aliphatic heterocycles. The average Bonchev–Trinajstić information content (AvgIpc) is 2.59. The molecule has 2 aromatic carbocycles. The second-order valence-electron chi connectivity index (χ2n) is 6.13.